The van der Waals surface area contributed by atoms with Gasteiger partial charge in [0.2, 0.25) is 0 Å². The summed E-state index contributed by atoms with van der Waals surface area (Å²) in [5.74, 6) is 0. The molecule has 0 aliphatic rings. The molecule has 1 unspecified atom stereocenters. The second-order valence-electron chi connectivity index (χ2n) is 6.61. The third-order valence-electron chi connectivity index (χ3n) is 4.31. The van der Waals surface area contributed by atoms with Crippen LogP contribution in [0.2, 0.25) is 0 Å². The van der Waals surface area contributed by atoms with Crippen molar-refractivity contribution >= 4 is 6.29 Å². The Bertz CT molecular complexity index is 700. The number of carbonyl (C=O) groups is 1. The maximum Gasteiger partial charge on any atom is 0.183 e. The van der Waals surface area contributed by atoms with E-state index in [1.807, 2.05) is 64.1 Å². The zero-order valence-electron chi connectivity index (χ0n) is 19.2. The average Bonchev–Trinajstić information content (AvgIpc) is 2.79. The van der Waals surface area contributed by atoms with Gasteiger partial charge in [-0.25, -0.2) is 0 Å². The highest BCUT2D eigenvalue weighted by Gasteiger charge is 2.12. The summed E-state index contributed by atoms with van der Waals surface area (Å²) in [6, 6.07) is 14.9. The third kappa shape index (κ3) is 9.72. The number of hydrogen-bond acceptors (Lipinski definition) is 6. The number of rotatable bonds is 12. The van der Waals surface area contributed by atoms with Crippen molar-refractivity contribution in [1.82, 2.24) is 0 Å². The number of aliphatic hydroxyl groups is 1. The summed E-state index contributed by atoms with van der Waals surface area (Å²) in [5.41, 5.74) is 3.47. The molecule has 2 aromatic carbocycles. The van der Waals surface area contributed by atoms with Gasteiger partial charge in [0.15, 0.2) is 12.6 Å². The van der Waals surface area contributed by atoms with Crippen molar-refractivity contribution in [2.24, 2.45) is 0 Å². The predicted molar refractivity (Wildman–Crippen MR) is 121 cm³/mol. The molecule has 6 nitrogen and oxygen atoms in total. The lowest BCUT2D eigenvalue weighted by atomic mass is 10.1. The summed E-state index contributed by atoms with van der Waals surface area (Å²) in [5, 5.41) is 9.40. The van der Waals surface area contributed by atoms with Gasteiger partial charge in [-0.1, -0.05) is 48.5 Å². The highest BCUT2D eigenvalue weighted by molar-refractivity contribution is 5.74. The zero-order valence-corrected chi connectivity index (χ0v) is 19.2. The zero-order chi connectivity index (χ0) is 23.1. The summed E-state index contributed by atoms with van der Waals surface area (Å²) in [6.07, 6.45) is -0.259. The van der Waals surface area contributed by atoms with Crippen molar-refractivity contribution < 1.29 is 28.8 Å². The monoisotopic (exact) mass is 432 g/mol. The normalized spacial score (nSPS) is 11.9. The molecule has 2 aromatic rings. The largest absolute Gasteiger partial charge is 0.389 e. The van der Waals surface area contributed by atoms with Crippen molar-refractivity contribution in [1.29, 1.82) is 0 Å². The first-order valence-corrected chi connectivity index (χ1v) is 10.8. The van der Waals surface area contributed by atoms with Crippen molar-refractivity contribution in [2.45, 2.75) is 53.3 Å². The Balaban J connectivity index is 0.000000311. The van der Waals surface area contributed by atoms with Gasteiger partial charge in [0, 0.05) is 43.1 Å². The first-order chi connectivity index (χ1) is 15.0. The second kappa shape index (κ2) is 15.7. The molecule has 172 valence electrons. The SMILES string of the molecule is CCOC(OCC)c1ccc(C(C)O)cc1.CCOC(OCC)c1ccc(C=O)cc1. The highest BCUT2D eigenvalue weighted by atomic mass is 16.7. The third-order valence-corrected chi connectivity index (χ3v) is 4.31. The summed E-state index contributed by atoms with van der Waals surface area (Å²) in [6.45, 7) is 11.9. The number of hydrogen-bond donors (Lipinski definition) is 1. The summed E-state index contributed by atoms with van der Waals surface area (Å²) < 4.78 is 21.8. The molecule has 0 aliphatic heterocycles. The number of ether oxygens (including phenoxy) is 4. The topological polar surface area (TPSA) is 74.2 Å². The van der Waals surface area contributed by atoms with Gasteiger partial charge in [-0.2, -0.15) is 0 Å². The van der Waals surface area contributed by atoms with Crippen LogP contribution in [0.25, 0.3) is 0 Å². The molecule has 0 bridgehead atoms. The number of benzene rings is 2. The lowest BCUT2D eigenvalue weighted by Gasteiger charge is -2.17. The van der Waals surface area contributed by atoms with Crippen LogP contribution in [0.4, 0.5) is 0 Å². The molecule has 6 heteroatoms. The Morgan fingerprint density at radius 3 is 1.29 bits per heavy atom. The molecule has 0 radical (unpaired) electrons. The Morgan fingerprint density at radius 1 is 0.677 bits per heavy atom. The van der Waals surface area contributed by atoms with Crippen LogP contribution in [0, 0.1) is 0 Å². The minimum atomic E-state index is -0.438. The van der Waals surface area contributed by atoms with Crippen LogP contribution >= 0.6 is 0 Å². The fourth-order valence-corrected chi connectivity index (χ4v) is 2.75. The van der Waals surface area contributed by atoms with Gasteiger partial charge in [-0.05, 0) is 40.2 Å². The summed E-state index contributed by atoms with van der Waals surface area (Å²) in [7, 11) is 0. The van der Waals surface area contributed by atoms with Crippen LogP contribution in [0.1, 0.15) is 80.4 Å². The first kappa shape index (κ1) is 26.9. The molecular weight excluding hydrogens is 396 g/mol. The molecule has 0 heterocycles. The molecule has 0 saturated heterocycles. The Hall–Kier alpha value is -2.09. The number of aliphatic hydroxyl groups excluding tert-OH is 1. The van der Waals surface area contributed by atoms with Gasteiger partial charge >= 0.3 is 0 Å². The average molecular weight is 433 g/mol. The van der Waals surface area contributed by atoms with Gasteiger partial charge in [0.05, 0.1) is 6.10 Å². The Morgan fingerprint density at radius 2 is 1.00 bits per heavy atom. The molecule has 0 aliphatic carbocycles. The molecule has 1 atom stereocenters. The van der Waals surface area contributed by atoms with E-state index in [1.54, 1.807) is 19.1 Å². The van der Waals surface area contributed by atoms with Gasteiger partial charge in [-0.15, -0.1) is 0 Å². The van der Waals surface area contributed by atoms with E-state index in [1.165, 1.54) is 0 Å². The number of aldehydes is 1. The molecule has 0 fully saturated rings. The van der Waals surface area contributed by atoms with E-state index in [0.717, 1.165) is 23.0 Å². The standard InChI is InChI=1S/C13H20O3.C12H16O3/c1-4-15-13(16-5-2)12-8-6-11(7-9-12)10(3)14;1-3-14-12(15-4-2)11-7-5-10(9-13)6-8-11/h6-10,13-14H,4-5H2,1-3H3;5-9,12H,3-4H2,1-2H3. The Labute approximate surface area is 186 Å². The maximum atomic E-state index is 10.5. The van der Waals surface area contributed by atoms with Crippen LogP contribution in [-0.4, -0.2) is 37.8 Å². The van der Waals surface area contributed by atoms with E-state index in [-0.39, 0.29) is 12.6 Å². The van der Waals surface area contributed by atoms with Crippen LogP contribution < -0.4 is 0 Å². The van der Waals surface area contributed by atoms with Crippen molar-refractivity contribution in [3.05, 3.63) is 70.8 Å². The molecule has 0 saturated carbocycles. The quantitative estimate of drug-likeness (QED) is 0.358. The van der Waals surface area contributed by atoms with E-state index in [9.17, 15) is 9.90 Å². The van der Waals surface area contributed by atoms with Gasteiger partial charge in [0.1, 0.15) is 6.29 Å². The summed E-state index contributed by atoms with van der Waals surface area (Å²) in [4.78, 5) is 10.5. The lowest BCUT2D eigenvalue weighted by molar-refractivity contribution is -0.140. The smallest absolute Gasteiger partial charge is 0.183 e. The van der Waals surface area contributed by atoms with Crippen molar-refractivity contribution in [3.8, 4) is 0 Å². The molecule has 0 aromatic heterocycles. The fourth-order valence-electron chi connectivity index (χ4n) is 2.75. The minimum Gasteiger partial charge on any atom is -0.389 e. The molecular formula is C25H36O6. The fraction of sp³-hybridized carbons (Fsp3) is 0.480. The molecule has 2 rings (SSSR count). The molecule has 31 heavy (non-hydrogen) atoms. The van der Waals surface area contributed by atoms with E-state index >= 15 is 0 Å². The van der Waals surface area contributed by atoms with Gasteiger partial charge in [-0.3, -0.25) is 4.79 Å². The Kier molecular flexibility index (Phi) is 13.6. The molecule has 1 N–H and O–H groups in total. The van der Waals surface area contributed by atoms with Crippen molar-refractivity contribution in [3.63, 3.8) is 0 Å². The van der Waals surface area contributed by atoms with Crippen LogP contribution in [0.3, 0.4) is 0 Å². The summed E-state index contributed by atoms with van der Waals surface area (Å²) >= 11 is 0. The lowest BCUT2D eigenvalue weighted by Crippen LogP contribution is -2.08. The predicted octanol–water partition coefficient (Wildman–Crippen LogP) is 5.38. The van der Waals surface area contributed by atoms with E-state index in [4.69, 9.17) is 18.9 Å². The van der Waals surface area contributed by atoms with Gasteiger partial charge in [0.25, 0.3) is 0 Å². The molecule has 0 spiro atoms. The number of carbonyl (C=O) groups excluding carboxylic acids is 1. The van der Waals surface area contributed by atoms with Crippen LogP contribution in [0.5, 0.6) is 0 Å². The van der Waals surface area contributed by atoms with E-state index in [2.05, 4.69) is 0 Å². The molecule has 0 amide bonds. The minimum absolute atomic E-state index is 0.307. The van der Waals surface area contributed by atoms with E-state index in [0.29, 0.717) is 32.0 Å². The first-order valence-electron chi connectivity index (χ1n) is 10.8. The highest BCUT2D eigenvalue weighted by Crippen LogP contribution is 2.21. The van der Waals surface area contributed by atoms with Crippen LogP contribution in [-0.2, 0) is 18.9 Å². The van der Waals surface area contributed by atoms with E-state index < -0.39 is 6.10 Å². The van der Waals surface area contributed by atoms with Crippen LogP contribution in [0.15, 0.2) is 48.5 Å². The second-order valence-corrected chi connectivity index (χ2v) is 6.61. The van der Waals surface area contributed by atoms with Crippen molar-refractivity contribution in [2.75, 3.05) is 26.4 Å². The van der Waals surface area contributed by atoms with Gasteiger partial charge < -0.3 is 24.1 Å². The maximum absolute atomic E-state index is 10.5.